The third-order valence-electron chi connectivity index (χ3n) is 7.11. The summed E-state index contributed by atoms with van der Waals surface area (Å²) >= 11 is 0. The van der Waals surface area contributed by atoms with Crippen LogP contribution in [0.2, 0.25) is 0 Å². The molecular weight excluding hydrogens is 506 g/mol. The Morgan fingerprint density at radius 1 is 1.20 bits per heavy atom. The van der Waals surface area contributed by atoms with Gasteiger partial charge in [-0.05, 0) is 64.2 Å². The van der Waals surface area contributed by atoms with E-state index < -0.39 is 5.54 Å². The Hall–Kier alpha value is -3.85. The van der Waals surface area contributed by atoms with Crippen LogP contribution in [0.3, 0.4) is 0 Å². The maximum atomic E-state index is 13.8. The zero-order valence-electron chi connectivity index (χ0n) is 24.8. The summed E-state index contributed by atoms with van der Waals surface area (Å²) in [5.41, 5.74) is 3.12. The van der Waals surface area contributed by atoms with Crippen molar-refractivity contribution < 1.29 is 18.7 Å². The van der Waals surface area contributed by atoms with Crippen LogP contribution in [-0.4, -0.2) is 72.5 Å². The minimum atomic E-state index is -0.992. The summed E-state index contributed by atoms with van der Waals surface area (Å²) in [6.07, 6.45) is 1.81. The number of anilines is 2. The monoisotopic (exact) mass is 547 g/mol. The molecule has 1 fully saturated rings. The molecule has 0 aliphatic carbocycles. The van der Waals surface area contributed by atoms with Gasteiger partial charge < -0.3 is 29.6 Å². The molecule has 214 valence electrons. The first-order valence-electron chi connectivity index (χ1n) is 13.6. The van der Waals surface area contributed by atoms with Gasteiger partial charge in [-0.1, -0.05) is 26.8 Å². The lowest BCUT2D eigenvalue weighted by molar-refractivity contribution is -0.133. The van der Waals surface area contributed by atoms with Crippen molar-refractivity contribution in [2.45, 2.75) is 52.5 Å². The number of hydrogen-bond donors (Lipinski definition) is 2. The van der Waals surface area contributed by atoms with Crippen molar-refractivity contribution in [3.63, 3.8) is 0 Å². The predicted octanol–water partition coefficient (Wildman–Crippen LogP) is 4.98. The van der Waals surface area contributed by atoms with Gasteiger partial charge in [0, 0.05) is 54.6 Å². The van der Waals surface area contributed by atoms with Crippen molar-refractivity contribution in [1.29, 1.82) is 0 Å². The van der Waals surface area contributed by atoms with Crippen molar-refractivity contribution in [3.8, 4) is 17.0 Å². The number of furan rings is 1. The Balaban J connectivity index is 1.63. The zero-order chi connectivity index (χ0) is 29.2. The number of piperazine rings is 1. The summed E-state index contributed by atoms with van der Waals surface area (Å²) in [5.74, 6) is 0.951. The summed E-state index contributed by atoms with van der Waals surface area (Å²) in [6.45, 7) is 13.8. The Labute approximate surface area is 236 Å². The second-order valence-electron chi connectivity index (χ2n) is 12.1. The molecule has 0 bridgehead atoms. The molecule has 3 aromatic rings. The number of hydrogen-bond acceptors (Lipinski definition) is 7. The molecule has 3 heterocycles. The van der Waals surface area contributed by atoms with Crippen LogP contribution in [0.5, 0.6) is 5.88 Å². The van der Waals surface area contributed by atoms with Gasteiger partial charge in [0.2, 0.25) is 17.5 Å². The first-order valence-corrected chi connectivity index (χ1v) is 13.6. The van der Waals surface area contributed by atoms with Gasteiger partial charge in [0.1, 0.15) is 17.9 Å². The van der Waals surface area contributed by atoms with E-state index in [-0.39, 0.29) is 23.0 Å². The van der Waals surface area contributed by atoms with Gasteiger partial charge in [0.25, 0.3) is 5.91 Å². The summed E-state index contributed by atoms with van der Waals surface area (Å²) in [4.78, 5) is 34.5. The molecule has 0 radical (unpaired) electrons. The number of carbonyl (C=O) groups excluding carboxylic acids is 2. The predicted molar refractivity (Wildman–Crippen MR) is 157 cm³/mol. The highest BCUT2D eigenvalue weighted by Gasteiger charge is 2.42. The third kappa shape index (κ3) is 6.31. The smallest absolute Gasteiger partial charge is 0.292 e. The largest absolute Gasteiger partial charge is 0.476 e. The molecule has 1 saturated heterocycles. The number of rotatable bonds is 8. The fourth-order valence-electron chi connectivity index (χ4n) is 4.51. The summed E-state index contributed by atoms with van der Waals surface area (Å²) in [5, 5.41) is 6.26. The van der Waals surface area contributed by atoms with Gasteiger partial charge in [0.05, 0.1) is 5.69 Å². The van der Waals surface area contributed by atoms with Gasteiger partial charge >= 0.3 is 0 Å². The van der Waals surface area contributed by atoms with Gasteiger partial charge in [0.15, 0.2) is 0 Å². The molecule has 0 saturated carbocycles. The average molecular weight is 548 g/mol. The highest BCUT2D eigenvalue weighted by atomic mass is 16.5. The van der Waals surface area contributed by atoms with Gasteiger partial charge in [-0.3, -0.25) is 9.59 Å². The van der Waals surface area contributed by atoms with Crippen LogP contribution < -0.4 is 15.4 Å². The number of benzene rings is 1. The van der Waals surface area contributed by atoms with E-state index in [1.54, 1.807) is 18.7 Å². The van der Waals surface area contributed by atoms with Crippen molar-refractivity contribution in [2.75, 3.05) is 45.7 Å². The highest BCUT2D eigenvalue weighted by Crippen LogP contribution is 2.35. The lowest BCUT2D eigenvalue weighted by Gasteiger charge is -2.40. The first kappa shape index (κ1) is 29.1. The molecule has 1 aliphatic heterocycles. The lowest BCUT2D eigenvalue weighted by Crippen LogP contribution is -2.63. The zero-order valence-corrected chi connectivity index (χ0v) is 24.8. The number of aromatic nitrogens is 1. The number of aryl methyl sites for hydroxylation is 1. The van der Waals surface area contributed by atoms with E-state index in [1.807, 2.05) is 77.5 Å². The molecular formula is C31H41N5O4. The van der Waals surface area contributed by atoms with Crippen LogP contribution >= 0.6 is 0 Å². The summed E-state index contributed by atoms with van der Waals surface area (Å²) in [7, 11) is 4.01. The Kier molecular flexibility index (Phi) is 8.25. The van der Waals surface area contributed by atoms with Crippen LogP contribution in [0.4, 0.5) is 11.4 Å². The number of nitrogens with one attached hydrogen (secondary N) is 2. The average Bonchev–Trinajstić information content (AvgIpc) is 3.31. The van der Waals surface area contributed by atoms with E-state index in [1.165, 1.54) is 0 Å². The van der Waals surface area contributed by atoms with Crippen LogP contribution in [0.15, 0.2) is 47.0 Å². The molecule has 0 atom stereocenters. The second-order valence-corrected chi connectivity index (χ2v) is 12.1. The van der Waals surface area contributed by atoms with Gasteiger partial charge in [-0.2, -0.15) is 0 Å². The molecule has 2 amide bonds. The normalized spacial score (nSPS) is 15.2. The maximum Gasteiger partial charge on any atom is 0.292 e. The lowest BCUT2D eigenvalue weighted by atomic mass is 9.93. The van der Waals surface area contributed by atoms with Gasteiger partial charge in [-0.15, -0.1) is 0 Å². The van der Waals surface area contributed by atoms with Gasteiger partial charge in [-0.25, -0.2) is 4.98 Å². The SMILES string of the molecule is Cc1ccc(Nc2cc(C(C)(C)C)oc2C(=O)N2CCNC(=O)C2(C)C)cc1-c1ccc(OCCN(C)C)nc1. The fourth-order valence-corrected chi connectivity index (χ4v) is 4.51. The number of likely N-dealkylation sites (N-methyl/N-ethyl adjacent to an activating group) is 1. The van der Waals surface area contributed by atoms with E-state index in [4.69, 9.17) is 9.15 Å². The van der Waals surface area contributed by atoms with E-state index in [0.29, 0.717) is 37.0 Å². The molecule has 0 spiro atoms. The van der Waals surface area contributed by atoms with E-state index in [9.17, 15) is 9.59 Å². The number of amides is 2. The van der Waals surface area contributed by atoms with Crippen LogP contribution in [-0.2, 0) is 10.2 Å². The number of nitrogens with zero attached hydrogens (tertiary/aromatic N) is 3. The third-order valence-corrected chi connectivity index (χ3v) is 7.11. The molecule has 2 N–H and O–H groups in total. The molecule has 0 unspecified atom stereocenters. The van der Waals surface area contributed by atoms with E-state index >= 15 is 0 Å². The van der Waals surface area contributed by atoms with Crippen LogP contribution in [0.1, 0.15) is 56.5 Å². The standard InChI is InChI=1S/C31H41N5O4/c1-20-9-11-22(17-23(20)21-10-12-26(33-19-21)39-16-15-35(7)8)34-24-18-25(30(2,3)4)40-27(24)28(37)36-14-13-32-29(38)31(36,5)6/h9-12,17-19,34H,13-16H2,1-8H3,(H,32,38). The van der Waals surface area contributed by atoms with Crippen molar-refractivity contribution in [3.05, 3.63) is 59.7 Å². The first-order chi connectivity index (χ1) is 18.8. The van der Waals surface area contributed by atoms with Crippen molar-refractivity contribution in [1.82, 2.24) is 20.1 Å². The van der Waals surface area contributed by atoms with Crippen LogP contribution in [0.25, 0.3) is 11.1 Å². The summed E-state index contributed by atoms with van der Waals surface area (Å²) < 4.78 is 11.9. The number of carbonyl (C=O) groups is 2. The summed E-state index contributed by atoms with van der Waals surface area (Å²) in [6, 6.07) is 11.8. The number of pyridine rings is 1. The minimum Gasteiger partial charge on any atom is -0.476 e. The van der Waals surface area contributed by atoms with E-state index in [2.05, 4.69) is 27.4 Å². The highest BCUT2D eigenvalue weighted by molar-refractivity contribution is 6.02. The molecule has 1 aliphatic rings. The molecule has 40 heavy (non-hydrogen) atoms. The Bertz CT molecular complexity index is 1370. The topological polar surface area (TPSA) is 99.9 Å². The molecule has 2 aromatic heterocycles. The maximum absolute atomic E-state index is 13.8. The Morgan fingerprint density at radius 3 is 2.60 bits per heavy atom. The molecule has 4 rings (SSSR count). The fraction of sp³-hybridized carbons (Fsp3) is 0.452. The second kappa shape index (κ2) is 11.3. The number of ether oxygens (including phenoxy) is 1. The molecule has 9 nitrogen and oxygen atoms in total. The Morgan fingerprint density at radius 2 is 1.95 bits per heavy atom. The van der Waals surface area contributed by atoms with Crippen molar-refractivity contribution >= 4 is 23.2 Å². The molecule has 1 aromatic carbocycles. The quantitative estimate of drug-likeness (QED) is 0.410. The van der Waals surface area contributed by atoms with E-state index in [0.717, 1.165) is 28.9 Å². The minimum absolute atomic E-state index is 0.185. The molecule has 9 heteroatoms. The van der Waals surface area contributed by atoms with Crippen LogP contribution in [0, 0.1) is 6.92 Å². The van der Waals surface area contributed by atoms with Crippen molar-refractivity contribution in [2.24, 2.45) is 0 Å².